The third-order valence-electron chi connectivity index (χ3n) is 5.40. The Balaban J connectivity index is 1.62. The van der Waals surface area contributed by atoms with E-state index in [9.17, 15) is 4.79 Å². The van der Waals surface area contributed by atoms with Crippen molar-refractivity contribution in [2.24, 2.45) is 0 Å². The smallest absolute Gasteiger partial charge is 0.220 e. The van der Waals surface area contributed by atoms with Gasteiger partial charge >= 0.3 is 0 Å². The van der Waals surface area contributed by atoms with Crippen LogP contribution in [0.3, 0.4) is 0 Å². The van der Waals surface area contributed by atoms with Gasteiger partial charge in [-0.05, 0) is 18.4 Å². The number of piperazine rings is 1. The van der Waals surface area contributed by atoms with E-state index in [1.807, 2.05) is 18.3 Å². The number of hydrogen-bond donors (Lipinski definition) is 3. The molecule has 0 bridgehead atoms. The summed E-state index contributed by atoms with van der Waals surface area (Å²) in [6.07, 6.45) is 0.547. The predicted octanol–water partition coefficient (Wildman–Crippen LogP) is 0.688. The number of rotatable bonds is 7. The molecule has 0 saturated carbocycles. The lowest BCUT2D eigenvalue weighted by Crippen LogP contribution is -3.28. The predicted molar refractivity (Wildman–Crippen MR) is 106 cm³/mol. The summed E-state index contributed by atoms with van der Waals surface area (Å²) < 4.78 is 0. The number of quaternary nitrogens is 2. The molecule has 1 aliphatic rings. The van der Waals surface area contributed by atoms with Crippen molar-refractivity contribution in [1.29, 1.82) is 0 Å². The summed E-state index contributed by atoms with van der Waals surface area (Å²) in [6.45, 7) is 9.85. The molecule has 0 radical (unpaired) electrons. The quantitative estimate of drug-likeness (QED) is 0.656. The Morgan fingerprint density at radius 1 is 1.12 bits per heavy atom. The van der Waals surface area contributed by atoms with E-state index in [-0.39, 0.29) is 11.9 Å². The molecule has 2 heterocycles. The van der Waals surface area contributed by atoms with Crippen molar-refractivity contribution in [3.05, 3.63) is 58.3 Å². The maximum Gasteiger partial charge on any atom is 0.220 e. The molecule has 26 heavy (non-hydrogen) atoms. The summed E-state index contributed by atoms with van der Waals surface area (Å²) in [4.78, 5) is 16.6. The molecule has 2 atom stereocenters. The number of amides is 1. The number of nitrogens with one attached hydrogen (secondary N) is 3. The Labute approximate surface area is 160 Å². The van der Waals surface area contributed by atoms with Gasteiger partial charge in [-0.1, -0.05) is 43.3 Å². The van der Waals surface area contributed by atoms with Crippen LogP contribution in [0, 0.1) is 0 Å². The molecular weight excluding hydrogens is 342 g/mol. The van der Waals surface area contributed by atoms with Gasteiger partial charge in [0.25, 0.3) is 0 Å². The average molecular weight is 374 g/mol. The molecule has 0 aliphatic carbocycles. The number of hydrogen-bond acceptors (Lipinski definition) is 2. The Kier molecular flexibility index (Phi) is 6.83. The van der Waals surface area contributed by atoms with Crippen LogP contribution in [-0.4, -0.2) is 38.1 Å². The van der Waals surface area contributed by atoms with Gasteiger partial charge in [-0.15, -0.1) is 11.3 Å². The van der Waals surface area contributed by atoms with Gasteiger partial charge in [-0.2, -0.15) is 0 Å². The lowest BCUT2D eigenvalue weighted by Gasteiger charge is -2.37. The highest BCUT2D eigenvalue weighted by Gasteiger charge is 2.35. The van der Waals surface area contributed by atoms with E-state index in [1.54, 1.807) is 9.80 Å². The summed E-state index contributed by atoms with van der Waals surface area (Å²) in [7, 11) is 0. The second-order valence-electron chi connectivity index (χ2n) is 7.27. The molecule has 2 aromatic rings. The van der Waals surface area contributed by atoms with Gasteiger partial charge in [-0.3, -0.25) is 4.79 Å². The van der Waals surface area contributed by atoms with Gasteiger partial charge in [-0.25, -0.2) is 0 Å². The maximum absolute atomic E-state index is 11.9. The minimum atomic E-state index is 0.145. The standard InChI is InChI=1S/C21H29N3OS/c1-3-20(25)22-17(2)21(19-10-7-15-26-19)24-13-11-23(12-14-24)16-18-8-5-4-6-9-18/h4-10,15,17,21H,3,11-14,16H2,1-2H3,(H,22,25)/p+2/t17-,21-/m1/s1. The summed E-state index contributed by atoms with van der Waals surface area (Å²) >= 11 is 1.81. The number of thiophene rings is 1. The van der Waals surface area contributed by atoms with Gasteiger partial charge < -0.3 is 15.1 Å². The van der Waals surface area contributed by atoms with Crippen LogP contribution in [0.25, 0.3) is 0 Å². The van der Waals surface area contributed by atoms with Gasteiger partial charge in [0.1, 0.15) is 38.8 Å². The summed E-state index contributed by atoms with van der Waals surface area (Å²) in [5.74, 6) is 0.145. The molecule has 1 fully saturated rings. The van der Waals surface area contributed by atoms with E-state index in [1.165, 1.54) is 23.5 Å². The van der Waals surface area contributed by atoms with Crippen molar-refractivity contribution in [3.63, 3.8) is 0 Å². The summed E-state index contributed by atoms with van der Waals surface area (Å²) in [6, 6.07) is 15.6. The van der Waals surface area contributed by atoms with E-state index in [4.69, 9.17) is 0 Å². The molecule has 1 aliphatic heterocycles. The van der Waals surface area contributed by atoms with E-state index in [2.05, 4.69) is 60.1 Å². The second-order valence-corrected chi connectivity index (χ2v) is 8.25. The Hall–Kier alpha value is -1.69. The molecule has 1 saturated heterocycles. The van der Waals surface area contributed by atoms with Gasteiger partial charge in [0.15, 0.2) is 0 Å². The highest BCUT2D eigenvalue weighted by atomic mass is 32.1. The molecule has 1 aromatic heterocycles. The molecule has 1 amide bonds. The third-order valence-corrected chi connectivity index (χ3v) is 6.35. The van der Waals surface area contributed by atoms with E-state index in [0.717, 1.165) is 19.6 Å². The zero-order valence-electron chi connectivity index (χ0n) is 15.8. The second kappa shape index (κ2) is 9.31. The first-order valence-corrected chi connectivity index (χ1v) is 10.6. The fraction of sp³-hybridized carbons (Fsp3) is 0.476. The van der Waals surface area contributed by atoms with Gasteiger partial charge in [0, 0.05) is 12.0 Å². The Morgan fingerprint density at radius 3 is 2.46 bits per heavy atom. The van der Waals surface area contributed by atoms with Crippen LogP contribution in [0.2, 0.25) is 0 Å². The van der Waals surface area contributed by atoms with Crippen LogP contribution in [-0.2, 0) is 11.3 Å². The van der Waals surface area contributed by atoms with Crippen LogP contribution >= 0.6 is 11.3 Å². The highest BCUT2D eigenvalue weighted by Crippen LogP contribution is 2.19. The van der Waals surface area contributed by atoms with Crippen LogP contribution in [0.15, 0.2) is 47.8 Å². The maximum atomic E-state index is 11.9. The zero-order valence-corrected chi connectivity index (χ0v) is 16.6. The van der Waals surface area contributed by atoms with Gasteiger partial charge in [0.05, 0.1) is 10.9 Å². The molecule has 0 unspecified atom stereocenters. The SMILES string of the molecule is CCC(=O)N[C@H](C)[C@H](c1cccs1)[NH+]1CC[NH+](Cc2ccccc2)CC1. The van der Waals surface area contributed by atoms with Crippen LogP contribution in [0.5, 0.6) is 0 Å². The summed E-state index contributed by atoms with van der Waals surface area (Å²) in [5, 5.41) is 5.35. The molecule has 0 spiro atoms. The number of benzene rings is 1. The first-order chi connectivity index (χ1) is 12.7. The normalized spacial score (nSPS) is 22.5. The largest absolute Gasteiger partial charge is 0.347 e. The third kappa shape index (κ3) is 4.93. The monoisotopic (exact) mass is 373 g/mol. The minimum absolute atomic E-state index is 0.145. The Bertz CT molecular complexity index is 666. The van der Waals surface area contributed by atoms with Crippen molar-refractivity contribution < 1.29 is 14.6 Å². The zero-order chi connectivity index (χ0) is 18.4. The topological polar surface area (TPSA) is 38.0 Å². The van der Waals surface area contributed by atoms with Crippen molar-refractivity contribution >= 4 is 17.2 Å². The van der Waals surface area contributed by atoms with Crippen molar-refractivity contribution in [2.45, 2.75) is 38.9 Å². The molecular formula is C21H31N3OS+2. The molecule has 5 heteroatoms. The van der Waals surface area contributed by atoms with E-state index >= 15 is 0 Å². The first kappa shape index (κ1) is 19.1. The fourth-order valence-electron chi connectivity index (χ4n) is 4.01. The molecule has 3 N–H and O–H groups in total. The van der Waals surface area contributed by atoms with Crippen molar-refractivity contribution in [2.75, 3.05) is 26.2 Å². The lowest BCUT2D eigenvalue weighted by molar-refractivity contribution is -1.03. The van der Waals surface area contributed by atoms with Crippen LogP contribution in [0.4, 0.5) is 0 Å². The summed E-state index contributed by atoms with van der Waals surface area (Å²) in [5.41, 5.74) is 1.42. The highest BCUT2D eigenvalue weighted by molar-refractivity contribution is 7.10. The molecule has 1 aromatic carbocycles. The average Bonchev–Trinajstić information content (AvgIpc) is 3.18. The first-order valence-electron chi connectivity index (χ1n) is 9.72. The Morgan fingerprint density at radius 2 is 1.85 bits per heavy atom. The molecule has 4 nitrogen and oxygen atoms in total. The van der Waals surface area contributed by atoms with E-state index < -0.39 is 0 Å². The van der Waals surface area contributed by atoms with Gasteiger partial charge in [0.2, 0.25) is 5.91 Å². The fourth-order valence-corrected chi connectivity index (χ4v) is 4.99. The molecule has 140 valence electrons. The van der Waals surface area contributed by atoms with Crippen LogP contribution in [0.1, 0.15) is 36.8 Å². The lowest BCUT2D eigenvalue weighted by atomic mass is 10.0. The van der Waals surface area contributed by atoms with Crippen molar-refractivity contribution in [3.8, 4) is 0 Å². The van der Waals surface area contributed by atoms with Crippen LogP contribution < -0.4 is 15.1 Å². The molecule has 3 rings (SSSR count). The van der Waals surface area contributed by atoms with Crippen molar-refractivity contribution in [1.82, 2.24) is 5.32 Å². The number of carbonyl (C=O) groups excluding carboxylic acids is 1. The van der Waals surface area contributed by atoms with E-state index in [0.29, 0.717) is 12.5 Å². The minimum Gasteiger partial charge on any atom is -0.347 e. The number of carbonyl (C=O) groups is 1.